The smallest absolute Gasteiger partial charge is 0.410 e. The largest absolute Gasteiger partial charge is 0.444 e. The van der Waals surface area contributed by atoms with E-state index in [9.17, 15) is 4.79 Å². The molecule has 1 aromatic carbocycles. The van der Waals surface area contributed by atoms with Crippen LogP contribution >= 0.6 is 0 Å². The Balaban J connectivity index is 1.78. The first-order valence-electron chi connectivity index (χ1n) is 8.37. The van der Waals surface area contributed by atoms with Gasteiger partial charge in [0.1, 0.15) is 5.60 Å². The van der Waals surface area contributed by atoms with Gasteiger partial charge in [-0.15, -0.1) is 0 Å². The minimum atomic E-state index is -0.437. The number of nitrogens with one attached hydrogen (secondary N) is 1. The molecule has 0 aromatic heterocycles. The Bertz CT molecular complexity index is 525. The second-order valence-electron chi connectivity index (χ2n) is 7.26. The number of likely N-dealkylation sites (tertiary alicyclic amines) is 1. The predicted octanol–water partition coefficient (Wildman–Crippen LogP) is 3.01. The van der Waals surface area contributed by atoms with Gasteiger partial charge in [0.25, 0.3) is 0 Å². The molecule has 0 aliphatic carbocycles. The van der Waals surface area contributed by atoms with Crippen LogP contribution in [0.4, 0.5) is 10.5 Å². The molecule has 1 saturated heterocycles. The zero-order valence-electron chi connectivity index (χ0n) is 14.5. The molecule has 1 aliphatic heterocycles. The highest BCUT2D eigenvalue weighted by Gasteiger charge is 2.27. The van der Waals surface area contributed by atoms with E-state index >= 15 is 0 Å². The Hall–Kier alpha value is -1.75. The first-order chi connectivity index (χ1) is 10.8. The van der Waals surface area contributed by atoms with Gasteiger partial charge in [-0.1, -0.05) is 18.2 Å². The lowest BCUT2D eigenvalue weighted by Gasteiger charge is -2.34. The number of anilines is 1. The fourth-order valence-corrected chi connectivity index (χ4v) is 2.83. The molecule has 23 heavy (non-hydrogen) atoms. The third-order valence-electron chi connectivity index (χ3n) is 3.97. The van der Waals surface area contributed by atoms with Gasteiger partial charge < -0.3 is 20.7 Å². The monoisotopic (exact) mass is 319 g/mol. The average molecular weight is 319 g/mol. The molecule has 0 bridgehead atoms. The van der Waals surface area contributed by atoms with Crippen LogP contribution in [-0.2, 0) is 11.3 Å². The summed E-state index contributed by atoms with van der Waals surface area (Å²) in [6, 6.07) is 7.90. The second-order valence-corrected chi connectivity index (χ2v) is 7.26. The van der Waals surface area contributed by atoms with Crippen molar-refractivity contribution < 1.29 is 9.53 Å². The number of para-hydroxylation sites is 1. The van der Waals surface area contributed by atoms with Gasteiger partial charge in [-0.25, -0.2) is 4.79 Å². The van der Waals surface area contributed by atoms with Crippen LogP contribution < -0.4 is 11.1 Å². The first kappa shape index (κ1) is 17.6. The van der Waals surface area contributed by atoms with E-state index in [2.05, 4.69) is 5.32 Å². The highest BCUT2D eigenvalue weighted by atomic mass is 16.6. The van der Waals surface area contributed by atoms with Crippen LogP contribution in [0.15, 0.2) is 24.3 Å². The molecule has 1 fully saturated rings. The van der Waals surface area contributed by atoms with Gasteiger partial charge in [0, 0.05) is 25.3 Å². The van der Waals surface area contributed by atoms with Crippen molar-refractivity contribution in [2.45, 2.75) is 45.8 Å². The second kappa shape index (κ2) is 7.68. The molecule has 2 rings (SSSR count). The Morgan fingerprint density at radius 3 is 2.83 bits per heavy atom. The summed E-state index contributed by atoms with van der Waals surface area (Å²) in [5.74, 6) is 0.459. The van der Waals surface area contributed by atoms with Crippen LogP contribution in [-0.4, -0.2) is 36.2 Å². The summed E-state index contributed by atoms with van der Waals surface area (Å²) in [7, 11) is 0. The average Bonchev–Trinajstić information content (AvgIpc) is 2.48. The number of nitrogens with zero attached hydrogens (tertiary/aromatic N) is 1. The zero-order valence-corrected chi connectivity index (χ0v) is 14.5. The van der Waals surface area contributed by atoms with Crippen molar-refractivity contribution >= 4 is 11.8 Å². The molecular formula is C18H29N3O2. The summed E-state index contributed by atoms with van der Waals surface area (Å²) < 4.78 is 5.47. The van der Waals surface area contributed by atoms with Gasteiger partial charge in [0.05, 0.1) is 0 Å². The van der Waals surface area contributed by atoms with Gasteiger partial charge in [-0.3, -0.25) is 0 Å². The number of amides is 1. The number of piperidine rings is 1. The Kier molecular flexibility index (Phi) is 5.88. The maximum atomic E-state index is 12.2. The van der Waals surface area contributed by atoms with Gasteiger partial charge >= 0.3 is 6.09 Å². The van der Waals surface area contributed by atoms with Crippen molar-refractivity contribution in [2.75, 3.05) is 25.4 Å². The van der Waals surface area contributed by atoms with E-state index in [4.69, 9.17) is 10.5 Å². The maximum absolute atomic E-state index is 12.2. The topological polar surface area (TPSA) is 67.6 Å². The number of carbonyl (C=O) groups is 1. The van der Waals surface area contributed by atoms with E-state index < -0.39 is 5.60 Å². The van der Waals surface area contributed by atoms with Crippen molar-refractivity contribution in [3.63, 3.8) is 0 Å². The van der Waals surface area contributed by atoms with Crippen molar-refractivity contribution in [3.8, 4) is 0 Å². The molecular weight excluding hydrogens is 290 g/mol. The van der Waals surface area contributed by atoms with Crippen LogP contribution in [0.25, 0.3) is 0 Å². The molecule has 5 nitrogen and oxygen atoms in total. The minimum Gasteiger partial charge on any atom is -0.444 e. The van der Waals surface area contributed by atoms with E-state index in [0.717, 1.165) is 50.3 Å². The standard InChI is InChI=1S/C18H29N3O2/c1-18(2,3)23-17(22)21-10-6-7-14(13-21)11-20-12-15-8-4-5-9-16(15)19/h4-5,8-9,14,20H,6-7,10-13,19H2,1-3H3. The number of hydrogen-bond donors (Lipinski definition) is 2. The summed E-state index contributed by atoms with van der Waals surface area (Å²) in [5.41, 5.74) is 7.45. The van der Waals surface area contributed by atoms with Crippen LogP contribution in [0.1, 0.15) is 39.2 Å². The molecule has 1 aliphatic rings. The Morgan fingerprint density at radius 1 is 1.39 bits per heavy atom. The lowest BCUT2D eigenvalue weighted by molar-refractivity contribution is 0.0166. The van der Waals surface area contributed by atoms with Crippen LogP contribution in [0.3, 0.4) is 0 Å². The van der Waals surface area contributed by atoms with Crippen molar-refractivity contribution in [1.29, 1.82) is 0 Å². The van der Waals surface area contributed by atoms with Crippen LogP contribution in [0, 0.1) is 5.92 Å². The first-order valence-corrected chi connectivity index (χ1v) is 8.37. The number of hydrogen-bond acceptors (Lipinski definition) is 4. The molecule has 0 radical (unpaired) electrons. The van der Waals surface area contributed by atoms with Gasteiger partial charge in [0.15, 0.2) is 0 Å². The van der Waals surface area contributed by atoms with Crippen molar-refractivity contribution in [2.24, 2.45) is 5.92 Å². The molecule has 1 unspecified atom stereocenters. The SMILES string of the molecule is CC(C)(C)OC(=O)N1CCCC(CNCc2ccccc2N)C1. The molecule has 1 atom stereocenters. The summed E-state index contributed by atoms with van der Waals surface area (Å²) in [6.07, 6.45) is 1.96. The van der Waals surface area contributed by atoms with Gasteiger partial charge in [0.2, 0.25) is 0 Å². The summed E-state index contributed by atoms with van der Waals surface area (Å²) in [5, 5.41) is 3.46. The Labute approximate surface area is 139 Å². The highest BCUT2D eigenvalue weighted by Crippen LogP contribution is 2.19. The normalized spacial score (nSPS) is 18.7. The molecule has 128 valence electrons. The van der Waals surface area contributed by atoms with Gasteiger partial charge in [-0.05, 0) is 57.7 Å². The van der Waals surface area contributed by atoms with Crippen molar-refractivity contribution in [1.82, 2.24) is 10.2 Å². The van der Waals surface area contributed by atoms with E-state index in [-0.39, 0.29) is 6.09 Å². The molecule has 0 saturated carbocycles. The van der Waals surface area contributed by atoms with Gasteiger partial charge in [-0.2, -0.15) is 0 Å². The molecule has 0 spiro atoms. The third-order valence-corrected chi connectivity index (χ3v) is 3.97. The molecule has 5 heteroatoms. The molecule has 1 aromatic rings. The molecule has 1 amide bonds. The van der Waals surface area contributed by atoms with E-state index in [1.54, 1.807) is 0 Å². The quantitative estimate of drug-likeness (QED) is 0.837. The summed E-state index contributed by atoms with van der Waals surface area (Å²) >= 11 is 0. The summed E-state index contributed by atoms with van der Waals surface area (Å²) in [4.78, 5) is 14.0. The van der Waals surface area contributed by atoms with Crippen LogP contribution in [0.2, 0.25) is 0 Å². The summed E-state index contributed by atoms with van der Waals surface area (Å²) in [6.45, 7) is 8.89. The molecule has 1 heterocycles. The number of benzene rings is 1. The maximum Gasteiger partial charge on any atom is 0.410 e. The predicted molar refractivity (Wildman–Crippen MR) is 93.1 cm³/mol. The van der Waals surface area contributed by atoms with E-state index in [0.29, 0.717) is 5.92 Å². The lowest BCUT2D eigenvalue weighted by atomic mass is 9.98. The number of rotatable bonds is 4. The number of ether oxygens (including phenoxy) is 1. The fourth-order valence-electron chi connectivity index (χ4n) is 2.83. The van der Waals surface area contributed by atoms with E-state index in [1.165, 1.54) is 0 Å². The number of carbonyl (C=O) groups excluding carboxylic acids is 1. The van der Waals surface area contributed by atoms with Crippen molar-refractivity contribution in [3.05, 3.63) is 29.8 Å². The minimum absolute atomic E-state index is 0.200. The van der Waals surface area contributed by atoms with E-state index in [1.807, 2.05) is 49.9 Å². The number of nitrogen functional groups attached to an aromatic ring is 1. The Morgan fingerprint density at radius 2 is 2.13 bits per heavy atom. The fraction of sp³-hybridized carbons (Fsp3) is 0.611. The highest BCUT2D eigenvalue weighted by molar-refractivity contribution is 5.68. The number of nitrogens with two attached hydrogens (primary N) is 1. The lowest BCUT2D eigenvalue weighted by Crippen LogP contribution is -2.45. The molecule has 3 N–H and O–H groups in total. The third kappa shape index (κ3) is 5.75. The van der Waals surface area contributed by atoms with Crippen LogP contribution in [0.5, 0.6) is 0 Å². The zero-order chi connectivity index (χ0) is 16.9.